The lowest BCUT2D eigenvalue weighted by Crippen LogP contribution is -2.44. The van der Waals surface area contributed by atoms with Crippen molar-refractivity contribution in [2.45, 2.75) is 52.0 Å². The molecule has 1 N–H and O–H groups in total. The SMILES string of the molecule is CCN1CCC(N2CCc3cc(F)ccc32)CC1.Cc1ccc2cc(C(=O)N3CCCC3)[nH]c2c1. The maximum absolute atomic E-state index is 13.2. The molecule has 1 aromatic heterocycles. The second-order valence-corrected chi connectivity index (χ2v) is 10.2. The number of aromatic amines is 1. The molecule has 3 aliphatic heterocycles. The van der Waals surface area contributed by atoms with Crippen molar-refractivity contribution in [3.63, 3.8) is 0 Å². The molecule has 0 radical (unpaired) electrons. The van der Waals surface area contributed by atoms with Crippen LogP contribution in [0.15, 0.2) is 42.5 Å². The summed E-state index contributed by atoms with van der Waals surface area (Å²) in [5.41, 5.74) is 5.43. The molecule has 35 heavy (non-hydrogen) atoms. The molecule has 1 amide bonds. The number of carbonyl (C=O) groups is 1. The zero-order valence-corrected chi connectivity index (χ0v) is 21.0. The lowest BCUT2D eigenvalue weighted by Gasteiger charge is -2.37. The van der Waals surface area contributed by atoms with Crippen LogP contribution in [-0.4, -0.2) is 66.0 Å². The number of H-pyrrole nitrogens is 1. The van der Waals surface area contributed by atoms with Crippen molar-refractivity contribution in [1.29, 1.82) is 0 Å². The van der Waals surface area contributed by atoms with Gasteiger partial charge in [0, 0.05) is 55.4 Å². The van der Waals surface area contributed by atoms with Crippen molar-refractivity contribution in [3.05, 3.63) is 65.1 Å². The van der Waals surface area contributed by atoms with E-state index >= 15 is 0 Å². The van der Waals surface area contributed by atoms with Gasteiger partial charge >= 0.3 is 0 Å². The molecule has 3 aromatic rings. The predicted octanol–water partition coefficient (Wildman–Crippen LogP) is 5.38. The number of hydrogen-bond acceptors (Lipinski definition) is 3. The molecule has 0 bridgehead atoms. The summed E-state index contributed by atoms with van der Waals surface area (Å²) in [6.45, 7) is 10.7. The van der Waals surface area contributed by atoms with Crippen molar-refractivity contribution in [1.82, 2.24) is 14.8 Å². The fourth-order valence-corrected chi connectivity index (χ4v) is 5.77. The summed E-state index contributed by atoms with van der Waals surface area (Å²) in [6, 6.07) is 14.1. The molecule has 3 aliphatic rings. The van der Waals surface area contributed by atoms with E-state index in [1.54, 1.807) is 12.1 Å². The van der Waals surface area contributed by atoms with Crippen LogP contribution in [-0.2, 0) is 6.42 Å². The molecule has 186 valence electrons. The number of nitrogens with one attached hydrogen (secondary N) is 1. The van der Waals surface area contributed by atoms with E-state index in [0.717, 1.165) is 56.3 Å². The number of hydrogen-bond donors (Lipinski definition) is 1. The first-order chi connectivity index (χ1) is 17.0. The number of likely N-dealkylation sites (tertiary alicyclic amines) is 2. The minimum absolute atomic E-state index is 0.101. The number of halogens is 1. The molecule has 4 heterocycles. The Balaban J connectivity index is 0.000000145. The van der Waals surface area contributed by atoms with E-state index in [-0.39, 0.29) is 11.7 Å². The molecule has 6 heteroatoms. The lowest BCUT2D eigenvalue weighted by atomic mass is 10.0. The van der Waals surface area contributed by atoms with Gasteiger partial charge < -0.3 is 19.7 Å². The predicted molar refractivity (Wildman–Crippen MR) is 141 cm³/mol. The van der Waals surface area contributed by atoms with Gasteiger partial charge in [0.1, 0.15) is 11.5 Å². The van der Waals surface area contributed by atoms with Gasteiger partial charge in [-0.3, -0.25) is 4.79 Å². The van der Waals surface area contributed by atoms with Crippen molar-refractivity contribution in [2.24, 2.45) is 0 Å². The van der Waals surface area contributed by atoms with Crippen LogP contribution in [0.25, 0.3) is 10.9 Å². The van der Waals surface area contributed by atoms with Gasteiger partial charge in [-0.1, -0.05) is 19.1 Å². The quantitative estimate of drug-likeness (QED) is 0.552. The minimum Gasteiger partial charge on any atom is -0.368 e. The summed E-state index contributed by atoms with van der Waals surface area (Å²) in [5, 5.41) is 1.11. The first kappa shape index (κ1) is 23.9. The maximum atomic E-state index is 13.2. The van der Waals surface area contributed by atoms with Gasteiger partial charge in [0.2, 0.25) is 0 Å². The van der Waals surface area contributed by atoms with E-state index in [0.29, 0.717) is 11.7 Å². The van der Waals surface area contributed by atoms with Gasteiger partial charge in [-0.25, -0.2) is 4.39 Å². The lowest BCUT2D eigenvalue weighted by molar-refractivity contribution is 0.0788. The highest BCUT2D eigenvalue weighted by Crippen LogP contribution is 2.33. The highest BCUT2D eigenvalue weighted by Gasteiger charge is 2.29. The van der Waals surface area contributed by atoms with Crippen LogP contribution < -0.4 is 4.90 Å². The van der Waals surface area contributed by atoms with Crippen LogP contribution in [0.2, 0.25) is 0 Å². The van der Waals surface area contributed by atoms with Crippen LogP contribution >= 0.6 is 0 Å². The average molecular weight is 477 g/mol. The van der Waals surface area contributed by atoms with Crippen molar-refractivity contribution >= 4 is 22.5 Å². The van der Waals surface area contributed by atoms with Crippen LogP contribution in [0.1, 0.15) is 54.2 Å². The Hall–Kier alpha value is -2.86. The normalized spacial score (nSPS) is 18.6. The zero-order chi connectivity index (χ0) is 24.4. The Morgan fingerprint density at radius 1 is 1.00 bits per heavy atom. The van der Waals surface area contributed by atoms with Gasteiger partial charge in [0.15, 0.2) is 0 Å². The van der Waals surface area contributed by atoms with Crippen molar-refractivity contribution < 1.29 is 9.18 Å². The molecular formula is C29H37FN4O. The molecule has 0 atom stereocenters. The third-order valence-electron chi connectivity index (χ3n) is 7.82. The molecule has 2 saturated heterocycles. The van der Waals surface area contributed by atoms with E-state index in [1.165, 1.54) is 42.7 Å². The second kappa shape index (κ2) is 10.4. The van der Waals surface area contributed by atoms with Gasteiger partial charge in [0.25, 0.3) is 5.91 Å². The van der Waals surface area contributed by atoms with Crippen molar-refractivity contribution in [2.75, 3.05) is 44.2 Å². The fraction of sp³-hybridized carbons (Fsp3) is 0.483. The van der Waals surface area contributed by atoms with Gasteiger partial charge in [-0.05, 0) is 87.0 Å². The molecule has 2 aromatic carbocycles. The van der Waals surface area contributed by atoms with E-state index in [9.17, 15) is 9.18 Å². The van der Waals surface area contributed by atoms with Crippen LogP contribution in [0.4, 0.5) is 10.1 Å². The second-order valence-electron chi connectivity index (χ2n) is 10.2. The Kier molecular flexibility index (Phi) is 7.09. The standard InChI is InChI=1S/C15H21FN2.C14H16N2O/c1-2-17-8-6-14(7-9-17)18-10-5-12-11-13(16)3-4-15(12)18;1-10-4-5-11-9-13(15-12(11)8-10)14(17)16-6-2-3-7-16/h3-4,11,14H,2,5-10H2,1H3;4-5,8-9,15H,2-3,6-7H2,1H3. The van der Waals surface area contributed by atoms with E-state index < -0.39 is 0 Å². The number of carbonyl (C=O) groups excluding carboxylic acids is 1. The number of amides is 1. The van der Waals surface area contributed by atoms with E-state index in [2.05, 4.69) is 46.8 Å². The summed E-state index contributed by atoms with van der Waals surface area (Å²) in [5.74, 6) is 0.0350. The summed E-state index contributed by atoms with van der Waals surface area (Å²) >= 11 is 0. The third-order valence-corrected chi connectivity index (χ3v) is 7.82. The van der Waals surface area contributed by atoms with Crippen LogP contribution in [0.3, 0.4) is 0 Å². The van der Waals surface area contributed by atoms with Crippen LogP contribution in [0.5, 0.6) is 0 Å². The largest absolute Gasteiger partial charge is 0.368 e. The summed E-state index contributed by atoms with van der Waals surface area (Å²) in [7, 11) is 0. The fourth-order valence-electron chi connectivity index (χ4n) is 5.77. The molecular weight excluding hydrogens is 439 g/mol. The Labute approximate surface area is 207 Å². The Bertz CT molecular complexity index is 1170. The summed E-state index contributed by atoms with van der Waals surface area (Å²) in [4.78, 5) is 22.4. The van der Waals surface area contributed by atoms with Gasteiger partial charge in [0.05, 0.1) is 0 Å². The number of fused-ring (bicyclic) bond motifs is 2. The summed E-state index contributed by atoms with van der Waals surface area (Å²) in [6.07, 6.45) is 5.74. The van der Waals surface area contributed by atoms with E-state index in [1.807, 2.05) is 17.0 Å². The number of piperidine rings is 1. The highest BCUT2D eigenvalue weighted by molar-refractivity contribution is 5.98. The van der Waals surface area contributed by atoms with E-state index in [4.69, 9.17) is 0 Å². The molecule has 0 unspecified atom stereocenters. The summed E-state index contributed by atoms with van der Waals surface area (Å²) < 4.78 is 13.2. The number of benzene rings is 2. The molecule has 6 rings (SSSR count). The number of aromatic nitrogens is 1. The Morgan fingerprint density at radius 3 is 2.51 bits per heavy atom. The first-order valence-electron chi connectivity index (χ1n) is 13.2. The third kappa shape index (κ3) is 5.22. The van der Waals surface area contributed by atoms with Crippen LogP contribution in [0, 0.1) is 12.7 Å². The zero-order valence-electron chi connectivity index (χ0n) is 21.0. The monoisotopic (exact) mass is 476 g/mol. The Morgan fingerprint density at radius 2 is 1.77 bits per heavy atom. The molecule has 0 aliphatic carbocycles. The number of aryl methyl sites for hydroxylation is 1. The number of anilines is 1. The minimum atomic E-state index is -0.101. The average Bonchev–Trinajstić information content (AvgIpc) is 3.63. The number of nitrogens with zero attached hydrogens (tertiary/aromatic N) is 3. The molecule has 5 nitrogen and oxygen atoms in total. The molecule has 2 fully saturated rings. The van der Waals surface area contributed by atoms with Gasteiger partial charge in [-0.15, -0.1) is 0 Å². The molecule has 0 saturated carbocycles. The number of rotatable bonds is 3. The topological polar surface area (TPSA) is 42.6 Å². The first-order valence-corrected chi connectivity index (χ1v) is 13.2. The van der Waals surface area contributed by atoms with Gasteiger partial charge in [-0.2, -0.15) is 0 Å². The highest BCUT2D eigenvalue weighted by atomic mass is 19.1. The van der Waals surface area contributed by atoms with Crippen molar-refractivity contribution in [3.8, 4) is 0 Å². The molecule has 0 spiro atoms. The maximum Gasteiger partial charge on any atom is 0.270 e. The smallest absolute Gasteiger partial charge is 0.270 e.